The molecule has 0 radical (unpaired) electrons. The minimum Gasteiger partial charge on any atom is -1.00 e. The van der Waals surface area contributed by atoms with E-state index in [0.29, 0.717) is 12.8 Å². The number of carbonyl (C=O) groups excluding carboxylic acids is 2. The largest absolute Gasteiger partial charge is 1.00 e. The Morgan fingerprint density at radius 2 is 1.67 bits per heavy atom. The number of carbonyl (C=O) groups is 2. The zero-order valence-corrected chi connectivity index (χ0v) is 8.02. The van der Waals surface area contributed by atoms with E-state index in [1.54, 1.807) is 0 Å². The molecule has 0 unspecified atom stereocenters. The molecule has 9 heavy (non-hydrogen) atoms. The third-order valence-electron chi connectivity index (χ3n) is 1.03. The van der Waals surface area contributed by atoms with Gasteiger partial charge in [-0.1, -0.05) is 12.8 Å². The summed E-state index contributed by atoms with van der Waals surface area (Å²) in [5, 5.41) is 0. The van der Waals surface area contributed by atoms with E-state index in [1.807, 2.05) is 0 Å². The number of imide groups is 1. The predicted molar refractivity (Wildman–Crippen MR) is 31.2 cm³/mol. The molecule has 1 fully saturated rings. The van der Waals surface area contributed by atoms with Crippen LogP contribution in [0.2, 0.25) is 0 Å². The average molecular weight is 155 g/mol. The summed E-state index contributed by atoms with van der Waals surface area (Å²) in [6.45, 7) is 0. The van der Waals surface area contributed by atoms with E-state index in [0.717, 1.165) is 4.31 Å². The van der Waals surface area contributed by atoms with Crippen molar-refractivity contribution in [3.05, 3.63) is 0 Å². The van der Waals surface area contributed by atoms with Gasteiger partial charge in [-0.15, -0.1) is 0 Å². The Hall–Kier alpha value is 0.490. The van der Waals surface area contributed by atoms with Crippen LogP contribution in [0.5, 0.6) is 0 Å². The zero-order chi connectivity index (χ0) is 6.15. The van der Waals surface area contributed by atoms with E-state index in [9.17, 15) is 9.59 Å². The van der Waals surface area contributed by atoms with E-state index in [2.05, 4.69) is 12.8 Å². The van der Waals surface area contributed by atoms with Crippen molar-refractivity contribution in [1.82, 2.24) is 4.31 Å². The van der Waals surface area contributed by atoms with Gasteiger partial charge < -0.3 is 1.43 Å². The molecule has 0 aromatic rings. The van der Waals surface area contributed by atoms with Crippen molar-refractivity contribution in [2.45, 2.75) is 12.8 Å². The van der Waals surface area contributed by atoms with Crippen LogP contribution in [0.25, 0.3) is 0 Å². The second kappa shape index (κ2) is 3.61. The van der Waals surface area contributed by atoms with Crippen molar-refractivity contribution in [3.63, 3.8) is 0 Å². The maximum atomic E-state index is 10.4. The van der Waals surface area contributed by atoms with Gasteiger partial charge in [-0.2, -0.15) is 0 Å². The van der Waals surface area contributed by atoms with Crippen molar-refractivity contribution < 1.29 is 40.6 Å². The molecule has 5 heteroatoms. The third kappa shape index (κ3) is 1.97. The predicted octanol–water partition coefficient (Wildman–Crippen LogP) is -2.90. The normalized spacial score (nSPS) is 18.1. The Bertz CT molecular complexity index is 138. The summed E-state index contributed by atoms with van der Waals surface area (Å²) in [5.41, 5.74) is 0. The number of hydrogen-bond donors (Lipinski definition) is 1. The van der Waals surface area contributed by atoms with Crippen LogP contribution in [0.15, 0.2) is 0 Å². The minimum atomic E-state index is -0.196. The fourth-order valence-electron chi connectivity index (χ4n) is 0.565. The zero-order valence-electron chi connectivity index (χ0n) is 6.13. The van der Waals surface area contributed by atoms with Gasteiger partial charge in [0.25, 0.3) is 0 Å². The molecule has 0 aromatic heterocycles. The molecule has 1 saturated heterocycles. The van der Waals surface area contributed by atoms with E-state index < -0.39 is 0 Å². The van der Waals surface area contributed by atoms with Gasteiger partial charge in [0, 0.05) is 12.8 Å². The smallest absolute Gasteiger partial charge is 1.00 e. The van der Waals surface area contributed by atoms with Crippen LogP contribution in [0, 0.1) is 0 Å². The van der Waals surface area contributed by atoms with Crippen LogP contribution < -0.4 is 29.6 Å². The second-order valence-corrected chi connectivity index (χ2v) is 2.00. The minimum absolute atomic E-state index is 0. The van der Waals surface area contributed by atoms with Gasteiger partial charge in [0.1, 0.15) is 0 Å². The van der Waals surface area contributed by atoms with Crippen LogP contribution in [-0.2, 0) is 9.59 Å². The van der Waals surface area contributed by atoms with Gasteiger partial charge >= 0.3 is 29.6 Å². The van der Waals surface area contributed by atoms with Gasteiger partial charge in [-0.25, -0.2) is 4.31 Å². The second-order valence-electron chi connectivity index (χ2n) is 1.60. The maximum absolute atomic E-state index is 10.4. The summed E-state index contributed by atoms with van der Waals surface area (Å²) in [5.74, 6) is -0.392. The van der Waals surface area contributed by atoms with Crippen molar-refractivity contribution in [2.75, 3.05) is 0 Å². The maximum Gasteiger partial charge on any atom is 1.00 e. The summed E-state index contributed by atoms with van der Waals surface area (Å²) >= 11 is 3.62. The fourth-order valence-corrected chi connectivity index (χ4v) is 0.765. The Morgan fingerprint density at radius 3 is 1.78 bits per heavy atom. The van der Waals surface area contributed by atoms with E-state index in [-0.39, 0.29) is 42.8 Å². The van der Waals surface area contributed by atoms with Crippen molar-refractivity contribution in [3.8, 4) is 0 Å². The van der Waals surface area contributed by atoms with Crippen LogP contribution in [0.3, 0.4) is 0 Å². The molecule has 1 heterocycles. The fraction of sp³-hybridized carbons (Fsp3) is 0.500. The Labute approximate surface area is 82.1 Å². The van der Waals surface area contributed by atoms with Gasteiger partial charge in [-0.3, -0.25) is 9.59 Å². The van der Waals surface area contributed by atoms with Gasteiger partial charge in [0.15, 0.2) is 0 Å². The van der Waals surface area contributed by atoms with Crippen molar-refractivity contribution in [1.29, 1.82) is 0 Å². The van der Waals surface area contributed by atoms with Crippen LogP contribution in [-0.4, -0.2) is 16.1 Å². The molecule has 0 spiro atoms. The molecule has 1 aliphatic rings. The van der Waals surface area contributed by atoms with Crippen molar-refractivity contribution >= 4 is 24.6 Å². The quantitative estimate of drug-likeness (QED) is 0.231. The average Bonchev–Trinajstić information content (AvgIpc) is 1.98. The van der Waals surface area contributed by atoms with E-state index >= 15 is 0 Å². The van der Waals surface area contributed by atoms with E-state index in [1.165, 1.54) is 0 Å². The first-order chi connectivity index (χ1) is 3.72. The van der Waals surface area contributed by atoms with Crippen LogP contribution in [0.4, 0.5) is 0 Å². The third-order valence-corrected chi connectivity index (χ3v) is 1.47. The summed E-state index contributed by atoms with van der Waals surface area (Å²) < 4.78 is 0.861. The number of rotatable bonds is 0. The molecular weight excluding hydrogens is 149 g/mol. The van der Waals surface area contributed by atoms with Gasteiger partial charge in [0.05, 0.1) is 0 Å². The number of hydrogen-bond acceptors (Lipinski definition) is 3. The molecular formula is C4H6NNaO2S. The SMILES string of the molecule is O=C1CCC(=O)N1S.[H-].[Na+]. The number of amides is 2. The first-order valence-electron chi connectivity index (χ1n) is 2.26. The topological polar surface area (TPSA) is 37.4 Å². The standard InChI is InChI=1S/C4H5NO2S.Na.H/c6-3-1-2-4(7)5(3)8;;/h8H,1-2H2;;/q;+1;-1. The Morgan fingerprint density at radius 1 is 1.33 bits per heavy atom. The van der Waals surface area contributed by atoms with Crippen molar-refractivity contribution in [2.24, 2.45) is 0 Å². The summed E-state index contributed by atoms with van der Waals surface area (Å²) in [6.07, 6.45) is 0.644. The number of nitrogens with zero attached hydrogens (tertiary/aromatic N) is 1. The molecule has 0 saturated carbocycles. The van der Waals surface area contributed by atoms with E-state index in [4.69, 9.17) is 0 Å². The molecule has 1 rings (SSSR count). The molecule has 0 aromatic carbocycles. The monoisotopic (exact) mass is 155 g/mol. The van der Waals surface area contributed by atoms with Crippen LogP contribution >= 0.6 is 12.8 Å². The van der Waals surface area contributed by atoms with Crippen LogP contribution in [0.1, 0.15) is 14.3 Å². The molecule has 0 atom stereocenters. The summed E-state index contributed by atoms with van der Waals surface area (Å²) in [6, 6.07) is 0. The summed E-state index contributed by atoms with van der Waals surface area (Å²) in [7, 11) is 0. The first-order valence-corrected chi connectivity index (χ1v) is 2.66. The first kappa shape index (κ1) is 9.49. The van der Waals surface area contributed by atoms with Gasteiger partial charge in [0.2, 0.25) is 11.8 Å². The Balaban J connectivity index is 0. The Kier molecular flexibility index (Phi) is 3.80. The molecule has 0 bridgehead atoms. The number of thiol groups is 1. The molecule has 0 N–H and O–H groups in total. The molecule has 2 amide bonds. The molecule has 3 nitrogen and oxygen atoms in total. The molecule has 1 aliphatic heterocycles. The van der Waals surface area contributed by atoms with Gasteiger partial charge in [-0.05, 0) is 0 Å². The molecule has 0 aliphatic carbocycles. The summed E-state index contributed by atoms with van der Waals surface area (Å²) in [4.78, 5) is 20.8. The molecule has 46 valence electrons.